The Labute approximate surface area is 494 Å². The number of rotatable bonds is 16. The highest BCUT2D eigenvalue weighted by Gasteiger charge is 2.23. The highest BCUT2D eigenvalue weighted by molar-refractivity contribution is 5.98. The van der Waals surface area contributed by atoms with E-state index in [-0.39, 0.29) is 57.9 Å². The first-order chi connectivity index (χ1) is 41.3. The number of benzene rings is 4. The summed E-state index contributed by atoms with van der Waals surface area (Å²) in [7, 11) is 5.64. The lowest BCUT2D eigenvalue weighted by Gasteiger charge is -2.27. The Morgan fingerprint density at radius 3 is 1.16 bits per heavy atom. The second-order valence-electron chi connectivity index (χ2n) is 18.7. The molecule has 0 radical (unpaired) electrons. The molecule has 0 atom stereocenters. The van der Waals surface area contributed by atoms with Crippen LogP contribution in [0.5, 0.6) is 23.0 Å². The number of carbonyl (C=O) groups is 4. The molecule has 86 heavy (non-hydrogen) atoms. The summed E-state index contributed by atoms with van der Waals surface area (Å²) in [5.41, 5.74) is 2.45. The third-order valence-corrected chi connectivity index (χ3v) is 13.2. The number of methoxy groups -OCH3 is 4. The lowest BCUT2D eigenvalue weighted by molar-refractivity contribution is -0.385. The van der Waals surface area contributed by atoms with Crippen molar-refractivity contribution in [3.63, 3.8) is 0 Å². The molecule has 28 nitrogen and oxygen atoms in total. The Morgan fingerprint density at radius 2 is 0.767 bits per heavy atom. The fraction of sp³-hybridized carbons (Fsp3) is 0.379. The van der Waals surface area contributed by atoms with Crippen LogP contribution >= 0.6 is 0 Å². The summed E-state index contributed by atoms with van der Waals surface area (Å²) in [6.45, 7) is 12.0. The van der Waals surface area contributed by atoms with Crippen molar-refractivity contribution in [3.8, 4) is 23.0 Å². The van der Waals surface area contributed by atoms with Crippen molar-refractivity contribution in [2.75, 3.05) is 134 Å². The van der Waals surface area contributed by atoms with E-state index < -0.39 is 19.7 Å². The number of amides is 4. The fourth-order valence-electron chi connectivity index (χ4n) is 8.52. The molecule has 4 aromatic rings. The first-order valence-electron chi connectivity index (χ1n) is 26.8. The summed E-state index contributed by atoms with van der Waals surface area (Å²) in [6.07, 6.45) is 8.95. The molecule has 0 aliphatic carbocycles. The number of nitrogens with zero attached hydrogens (tertiary/aromatic N) is 8. The highest BCUT2D eigenvalue weighted by Crippen LogP contribution is 2.31. The molecule has 28 heteroatoms. The van der Waals surface area contributed by atoms with E-state index in [2.05, 4.69) is 0 Å². The summed E-state index contributed by atoms with van der Waals surface area (Å²) in [5, 5.41) is 44.1. The third-order valence-electron chi connectivity index (χ3n) is 13.2. The van der Waals surface area contributed by atoms with Gasteiger partial charge in [0.05, 0.1) is 124 Å². The largest absolute Gasteiger partial charge is 0.497 e. The van der Waals surface area contributed by atoms with Crippen LogP contribution in [-0.4, -0.2) is 197 Å². The molecule has 0 unspecified atom stereocenters. The summed E-state index contributed by atoms with van der Waals surface area (Å²) >= 11 is 0. The van der Waals surface area contributed by atoms with E-state index in [1.807, 2.05) is 0 Å². The molecule has 0 aromatic heterocycles. The maximum atomic E-state index is 12.3. The summed E-state index contributed by atoms with van der Waals surface area (Å²) in [5.74, 6) is 0.672. The van der Waals surface area contributed by atoms with E-state index in [0.29, 0.717) is 150 Å². The Kier molecular flexibility index (Phi) is 26.7. The van der Waals surface area contributed by atoms with E-state index >= 15 is 0 Å². The van der Waals surface area contributed by atoms with Crippen LogP contribution in [0, 0.1) is 40.5 Å². The standard InChI is InChI=1S/2C15H18N2O5.2C14H16N2O5/c1-11(15(18)16-5-7-22-8-6-16)9-12-3-4-13(21-2)10-14(12)17(19)20;1-11(15(18)16-5-7-22-8-6-16)9-12-3-4-14(21-2)13(10-12)17(19)20;1-20-12-4-2-11(13(10-12)16(18)19)3-5-14(17)15-6-8-21-9-7-15;1-20-13-4-2-11(10-12(13)16(18)19)3-5-14(17)15-6-8-21-9-7-15/h2*3-4,9-10H,5-8H2,1-2H3;2*2-5,10H,6-9H2,1H3/b2*11-9+;2*5-3+. The zero-order valence-corrected chi connectivity index (χ0v) is 48.4. The predicted octanol–water partition coefficient (Wildman–Crippen LogP) is 6.68. The first kappa shape index (κ1) is 67.2. The minimum Gasteiger partial charge on any atom is -0.497 e. The molecule has 0 spiro atoms. The van der Waals surface area contributed by atoms with E-state index in [4.69, 9.17) is 37.9 Å². The average molecular weight is 1200 g/mol. The van der Waals surface area contributed by atoms with E-state index in [1.165, 1.54) is 89.1 Å². The number of hydrogen-bond donors (Lipinski definition) is 0. The van der Waals surface area contributed by atoms with Gasteiger partial charge in [-0.2, -0.15) is 0 Å². The van der Waals surface area contributed by atoms with Gasteiger partial charge in [-0.05, 0) is 85.7 Å². The molecule has 8 rings (SSSR count). The second kappa shape index (κ2) is 34.2. The number of ether oxygens (including phenoxy) is 8. The van der Waals surface area contributed by atoms with Gasteiger partial charge in [-0.15, -0.1) is 0 Å². The Hall–Kier alpha value is -9.64. The minimum absolute atomic E-state index is 0.0817. The maximum absolute atomic E-state index is 12.3. The van der Waals surface area contributed by atoms with Crippen LogP contribution in [0.15, 0.2) is 96.1 Å². The second-order valence-corrected chi connectivity index (χ2v) is 18.7. The third kappa shape index (κ3) is 20.3. The molecular formula is C58H68N8O20. The topological polar surface area (TPSA) is 328 Å². The van der Waals surface area contributed by atoms with Crippen molar-refractivity contribution >= 4 is 70.7 Å². The van der Waals surface area contributed by atoms with Crippen LogP contribution in [-0.2, 0) is 38.1 Å². The van der Waals surface area contributed by atoms with Gasteiger partial charge in [0.15, 0.2) is 11.5 Å². The minimum atomic E-state index is -0.514. The monoisotopic (exact) mass is 1200 g/mol. The van der Waals surface area contributed by atoms with Gasteiger partial charge in [0.2, 0.25) is 23.6 Å². The van der Waals surface area contributed by atoms with Crippen LogP contribution in [0.25, 0.3) is 24.3 Å². The van der Waals surface area contributed by atoms with Gasteiger partial charge >= 0.3 is 11.4 Å². The molecule has 4 aromatic carbocycles. The normalized spacial score (nSPS) is 15.4. The van der Waals surface area contributed by atoms with Crippen molar-refractivity contribution < 1.29 is 76.8 Å². The first-order valence-corrected chi connectivity index (χ1v) is 26.8. The van der Waals surface area contributed by atoms with Crippen molar-refractivity contribution in [2.45, 2.75) is 13.8 Å². The lowest BCUT2D eigenvalue weighted by Crippen LogP contribution is -2.41. The number of carbonyl (C=O) groups excluding carboxylic acids is 4. The zero-order valence-electron chi connectivity index (χ0n) is 48.4. The Bertz CT molecular complexity index is 3180. The summed E-state index contributed by atoms with van der Waals surface area (Å²) < 4.78 is 40.6. The van der Waals surface area contributed by atoms with Gasteiger partial charge in [0.1, 0.15) is 11.5 Å². The molecule has 4 amide bonds. The Morgan fingerprint density at radius 1 is 0.419 bits per heavy atom. The number of hydrogen-bond acceptors (Lipinski definition) is 20. The zero-order chi connectivity index (χ0) is 62.7. The van der Waals surface area contributed by atoms with Crippen LogP contribution in [0.4, 0.5) is 22.7 Å². The quantitative estimate of drug-likeness (QED) is 0.0641. The molecular weight excluding hydrogens is 1130 g/mol. The molecule has 460 valence electrons. The summed E-state index contributed by atoms with van der Waals surface area (Å²) in [6, 6.07) is 18.2. The van der Waals surface area contributed by atoms with Crippen molar-refractivity contribution in [1.82, 2.24) is 19.6 Å². The van der Waals surface area contributed by atoms with E-state index in [9.17, 15) is 59.6 Å². The highest BCUT2D eigenvalue weighted by atomic mass is 16.6. The molecule has 0 N–H and O–H groups in total. The SMILES string of the molecule is COc1ccc(/C=C(\C)C(=O)N2CCOCC2)c([N+](=O)[O-])c1.COc1ccc(/C=C(\C)C(=O)N2CCOCC2)cc1[N+](=O)[O-].COc1ccc(/C=C/C(=O)N2CCOCC2)c([N+](=O)[O-])c1.COc1ccc(/C=C/C(=O)N2CCOCC2)cc1[N+](=O)[O-]. The van der Waals surface area contributed by atoms with E-state index in [0.717, 1.165) is 0 Å². The van der Waals surface area contributed by atoms with Gasteiger partial charge in [-0.25, -0.2) is 0 Å². The van der Waals surface area contributed by atoms with Gasteiger partial charge < -0.3 is 57.5 Å². The van der Waals surface area contributed by atoms with Crippen LogP contribution in [0.1, 0.15) is 36.1 Å². The fourth-order valence-corrected chi connectivity index (χ4v) is 8.52. The van der Waals surface area contributed by atoms with Gasteiger partial charge in [0, 0.05) is 87.8 Å². The van der Waals surface area contributed by atoms with Crippen molar-refractivity contribution in [1.29, 1.82) is 0 Å². The smallest absolute Gasteiger partial charge is 0.311 e. The number of morpholine rings is 4. The molecule has 4 aliphatic heterocycles. The maximum Gasteiger partial charge on any atom is 0.311 e. The molecule has 0 bridgehead atoms. The Balaban J connectivity index is 0.000000209. The predicted molar refractivity (Wildman–Crippen MR) is 314 cm³/mol. The van der Waals surface area contributed by atoms with Gasteiger partial charge in [-0.3, -0.25) is 59.6 Å². The number of nitro benzene ring substituents is 4. The average Bonchev–Trinajstić information content (AvgIpc) is 3.35. The van der Waals surface area contributed by atoms with Crippen LogP contribution < -0.4 is 18.9 Å². The molecule has 4 aliphatic rings. The molecule has 4 fully saturated rings. The van der Waals surface area contributed by atoms with Gasteiger partial charge in [-0.1, -0.05) is 12.1 Å². The van der Waals surface area contributed by atoms with Crippen LogP contribution in [0.2, 0.25) is 0 Å². The van der Waals surface area contributed by atoms with Crippen LogP contribution in [0.3, 0.4) is 0 Å². The van der Waals surface area contributed by atoms with Gasteiger partial charge in [0.25, 0.3) is 11.4 Å². The molecule has 4 heterocycles. The van der Waals surface area contributed by atoms with Crippen molar-refractivity contribution in [3.05, 3.63) is 159 Å². The van der Waals surface area contributed by atoms with Crippen molar-refractivity contribution in [2.24, 2.45) is 0 Å². The molecule has 4 saturated heterocycles. The number of nitro groups is 4. The van der Waals surface area contributed by atoms with E-state index in [1.54, 1.807) is 82.0 Å². The lowest BCUT2D eigenvalue weighted by atomic mass is 10.1. The molecule has 0 saturated carbocycles. The summed E-state index contributed by atoms with van der Waals surface area (Å²) in [4.78, 5) is 97.4.